The average Bonchev–Trinajstić information content (AvgIpc) is 2.87. The predicted octanol–water partition coefficient (Wildman–Crippen LogP) is 2.49. The largest absolute Gasteiger partial charge is 0.369 e. The van der Waals surface area contributed by atoms with E-state index in [9.17, 15) is 9.59 Å². The summed E-state index contributed by atoms with van der Waals surface area (Å²) < 4.78 is 5.32. The molecule has 0 aromatic heterocycles. The van der Waals surface area contributed by atoms with Crippen LogP contribution in [0.3, 0.4) is 0 Å². The number of likely N-dealkylation sites (tertiary alicyclic amines) is 2. The van der Waals surface area contributed by atoms with E-state index in [-0.39, 0.29) is 23.3 Å². The van der Waals surface area contributed by atoms with Gasteiger partial charge in [0.25, 0.3) is 5.91 Å². The van der Waals surface area contributed by atoms with Crippen LogP contribution in [0.15, 0.2) is 30.3 Å². The van der Waals surface area contributed by atoms with Crippen LogP contribution < -0.4 is 0 Å². The number of piperidine rings is 1. The molecule has 1 spiro atoms. The number of rotatable bonds is 4. The highest BCUT2D eigenvalue weighted by Gasteiger charge is 2.52. The Morgan fingerprint density at radius 3 is 2.42 bits per heavy atom. The zero-order chi connectivity index (χ0) is 18.9. The van der Waals surface area contributed by atoms with E-state index in [1.807, 2.05) is 35.0 Å². The molecule has 2 aliphatic rings. The molecule has 26 heavy (non-hydrogen) atoms. The van der Waals surface area contributed by atoms with Crippen LogP contribution in [-0.4, -0.2) is 60.5 Å². The Morgan fingerprint density at radius 1 is 1.23 bits per heavy atom. The number of ether oxygens (including phenoxy) is 1. The zero-order valence-corrected chi connectivity index (χ0v) is 16.3. The molecule has 0 saturated carbocycles. The van der Waals surface area contributed by atoms with Crippen LogP contribution in [0.1, 0.15) is 38.7 Å². The van der Waals surface area contributed by atoms with Crippen LogP contribution in [0.2, 0.25) is 0 Å². The predicted molar refractivity (Wildman–Crippen MR) is 101 cm³/mol. The number of hydrogen-bond acceptors (Lipinski definition) is 3. The molecule has 1 atom stereocenters. The monoisotopic (exact) mass is 358 g/mol. The SMILES string of the molecule is COC(C)(C)C(=O)N1CCC2(CC1)C[C@@H](Cc1ccccc1)N(C)C2=O. The highest BCUT2D eigenvalue weighted by atomic mass is 16.5. The number of benzene rings is 1. The van der Waals surface area contributed by atoms with Crippen LogP contribution >= 0.6 is 0 Å². The fourth-order valence-electron chi connectivity index (χ4n) is 4.33. The van der Waals surface area contributed by atoms with Crippen molar-refractivity contribution >= 4 is 11.8 Å². The topological polar surface area (TPSA) is 49.9 Å². The van der Waals surface area contributed by atoms with Gasteiger partial charge < -0.3 is 14.5 Å². The highest BCUT2D eigenvalue weighted by Crippen LogP contribution is 2.45. The summed E-state index contributed by atoms with van der Waals surface area (Å²) >= 11 is 0. The van der Waals surface area contributed by atoms with E-state index in [1.54, 1.807) is 21.0 Å². The molecule has 2 heterocycles. The Kier molecular flexibility index (Phi) is 5.11. The molecule has 1 aromatic carbocycles. The Morgan fingerprint density at radius 2 is 1.85 bits per heavy atom. The Hall–Kier alpha value is -1.88. The summed E-state index contributed by atoms with van der Waals surface area (Å²) in [7, 11) is 3.49. The minimum Gasteiger partial charge on any atom is -0.369 e. The van der Waals surface area contributed by atoms with Crippen molar-refractivity contribution in [3.05, 3.63) is 35.9 Å². The van der Waals surface area contributed by atoms with Crippen LogP contribution in [0.5, 0.6) is 0 Å². The molecule has 5 heteroatoms. The molecule has 142 valence electrons. The summed E-state index contributed by atoms with van der Waals surface area (Å²) in [6.07, 6.45) is 3.26. The molecule has 0 radical (unpaired) electrons. The van der Waals surface area contributed by atoms with Crippen molar-refractivity contribution in [2.24, 2.45) is 5.41 Å². The Balaban J connectivity index is 1.66. The van der Waals surface area contributed by atoms with Crippen molar-refractivity contribution in [3.8, 4) is 0 Å². The van der Waals surface area contributed by atoms with Gasteiger partial charge in [0.15, 0.2) is 0 Å². The summed E-state index contributed by atoms with van der Waals surface area (Å²) in [5.74, 6) is 0.256. The first-order valence-electron chi connectivity index (χ1n) is 9.45. The van der Waals surface area contributed by atoms with Gasteiger partial charge >= 0.3 is 0 Å². The number of methoxy groups -OCH3 is 1. The van der Waals surface area contributed by atoms with Gasteiger partial charge in [-0.2, -0.15) is 0 Å². The lowest BCUT2D eigenvalue weighted by Crippen LogP contribution is -2.52. The maximum Gasteiger partial charge on any atom is 0.254 e. The second-order valence-corrected chi connectivity index (χ2v) is 8.25. The van der Waals surface area contributed by atoms with Gasteiger partial charge in [0.05, 0.1) is 5.41 Å². The molecule has 2 amide bonds. The number of nitrogens with zero attached hydrogens (tertiary/aromatic N) is 2. The van der Waals surface area contributed by atoms with Crippen LogP contribution in [0.4, 0.5) is 0 Å². The lowest BCUT2D eigenvalue weighted by molar-refractivity contribution is -0.155. The molecular formula is C21H30N2O3. The van der Waals surface area contributed by atoms with Gasteiger partial charge in [0.1, 0.15) is 5.60 Å². The van der Waals surface area contributed by atoms with Gasteiger partial charge in [-0.1, -0.05) is 30.3 Å². The summed E-state index contributed by atoms with van der Waals surface area (Å²) in [5.41, 5.74) is 0.155. The standard InChI is InChI=1S/C21H30N2O3/c1-20(2,26-4)18(24)23-12-10-21(11-13-23)15-17(22(3)19(21)25)14-16-8-6-5-7-9-16/h5-9,17H,10-15H2,1-4H3/t17-/m1/s1. The molecular weight excluding hydrogens is 328 g/mol. The van der Waals surface area contributed by atoms with E-state index in [0.717, 1.165) is 25.7 Å². The molecule has 5 nitrogen and oxygen atoms in total. The lowest BCUT2D eigenvalue weighted by Gasteiger charge is -2.40. The highest BCUT2D eigenvalue weighted by molar-refractivity contribution is 5.87. The van der Waals surface area contributed by atoms with Gasteiger partial charge in [-0.3, -0.25) is 9.59 Å². The number of hydrogen-bond donors (Lipinski definition) is 0. The quantitative estimate of drug-likeness (QED) is 0.831. The number of carbonyl (C=O) groups excluding carboxylic acids is 2. The summed E-state index contributed by atoms with van der Waals surface area (Å²) in [4.78, 5) is 29.4. The van der Waals surface area contributed by atoms with Gasteiger partial charge in [-0.05, 0) is 45.1 Å². The van der Waals surface area contributed by atoms with E-state index >= 15 is 0 Å². The molecule has 0 unspecified atom stereocenters. The molecule has 0 aliphatic carbocycles. The van der Waals surface area contributed by atoms with Crippen molar-refractivity contribution in [1.29, 1.82) is 0 Å². The molecule has 3 rings (SSSR count). The molecule has 2 saturated heterocycles. The summed E-state index contributed by atoms with van der Waals surface area (Å²) in [5, 5.41) is 0. The first-order valence-corrected chi connectivity index (χ1v) is 9.45. The van der Waals surface area contributed by atoms with Crippen LogP contribution in [-0.2, 0) is 20.7 Å². The minimum absolute atomic E-state index is 0.00878. The van der Waals surface area contributed by atoms with E-state index < -0.39 is 5.60 Å². The molecule has 1 aromatic rings. The fraction of sp³-hybridized carbons (Fsp3) is 0.619. The van der Waals surface area contributed by atoms with E-state index in [4.69, 9.17) is 4.74 Å². The molecule has 0 N–H and O–H groups in total. The zero-order valence-electron chi connectivity index (χ0n) is 16.3. The van der Waals surface area contributed by atoms with Crippen molar-refractivity contribution in [3.63, 3.8) is 0 Å². The van der Waals surface area contributed by atoms with Gasteiger partial charge in [0, 0.05) is 33.3 Å². The van der Waals surface area contributed by atoms with Crippen molar-refractivity contribution < 1.29 is 14.3 Å². The normalized spacial score (nSPS) is 22.9. The van der Waals surface area contributed by atoms with Crippen molar-refractivity contribution in [2.75, 3.05) is 27.2 Å². The third-order valence-corrected chi connectivity index (χ3v) is 6.30. The number of likely N-dealkylation sites (N-methyl/N-ethyl adjacent to an activating group) is 1. The van der Waals surface area contributed by atoms with Crippen molar-refractivity contribution in [2.45, 2.75) is 51.2 Å². The van der Waals surface area contributed by atoms with Gasteiger partial charge in [0.2, 0.25) is 5.91 Å². The second kappa shape index (κ2) is 7.03. The first-order chi connectivity index (χ1) is 12.3. The minimum atomic E-state index is -0.809. The van der Waals surface area contributed by atoms with Crippen LogP contribution in [0, 0.1) is 5.41 Å². The van der Waals surface area contributed by atoms with E-state index in [2.05, 4.69) is 12.1 Å². The van der Waals surface area contributed by atoms with E-state index in [1.165, 1.54) is 5.56 Å². The van der Waals surface area contributed by atoms with Crippen molar-refractivity contribution in [1.82, 2.24) is 9.80 Å². The fourth-order valence-corrected chi connectivity index (χ4v) is 4.33. The molecule has 2 fully saturated rings. The summed E-state index contributed by atoms with van der Waals surface area (Å²) in [6, 6.07) is 10.6. The third-order valence-electron chi connectivity index (χ3n) is 6.30. The number of amides is 2. The van der Waals surface area contributed by atoms with E-state index in [0.29, 0.717) is 13.1 Å². The third kappa shape index (κ3) is 3.37. The maximum absolute atomic E-state index is 13.0. The van der Waals surface area contributed by atoms with Gasteiger partial charge in [-0.15, -0.1) is 0 Å². The molecule has 2 aliphatic heterocycles. The molecule has 0 bridgehead atoms. The average molecular weight is 358 g/mol. The smallest absolute Gasteiger partial charge is 0.254 e. The first kappa shape index (κ1) is 18.9. The number of carbonyl (C=O) groups is 2. The second-order valence-electron chi connectivity index (χ2n) is 8.25. The summed E-state index contributed by atoms with van der Waals surface area (Å²) in [6.45, 7) is 4.85. The Labute approximate surface area is 156 Å². The van der Waals surface area contributed by atoms with Crippen LogP contribution in [0.25, 0.3) is 0 Å². The lowest BCUT2D eigenvalue weighted by atomic mass is 9.75. The Bertz CT molecular complexity index is 663. The van der Waals surface area contributed by atoms with Gasteiger partial charge in [-0.25, -0.2) is 0 Å². The maximum atomic E-state index is 13.0.